The van der Waals surface area contributed by atoms with Crippen molar-refractivity contribution in [3.8, 4) is 11.5 Å². The molecular weight excluding hydrogens is 328 g/mol. The van der Waals surface area contributed by atoms with E-state index in [4.69, 9.17) is 4.74 Å². The lowest BCUT2D eigenvalue weighted by atomic mass is 10.2. The van der Waals surface area contributed by atoms with E-state index in [0.29, 0.717) is 17.0 Å². The number of anilines is 1. The third kappa shape index (κ3) is 3.58. The van der Waals surface area contributed by atoms with E-state index in [1.165, 1.54) is 23.5 Å². The molecule has 0 radical (unpaired) electrons. The Morgan fingerprint density at radius 2 is 1.83 bits per heavy atom. The minimum absolute atomic E-state index is 0.104. The molecule has 1 amide bonds. The van der Waals surface area contributed by atoms with Gasteiger partial charge < -0.3 is 10.1 Å². The maximum atomic E-state index is 12.0. The molecule has 0 saturated carbocycles. The van der Waals surface area contributed by atoms with Crippen molar-refractivity contribution in [1.82, 2.24) is 0 Å². The third-order valence-corrected chi connectivity index (χ3v) is 3.87. The molecule has 1 N–H and O–H groups in total. The number of para-hydroxylation sites is 2. The number of nitrogens with one attached hydrogen (secondary N) is 1. The Bertz CT molecular complexity index is 861. The van der Waals surface area contributed by atoms with Crippen LogP contribution in [-0.4, -0.2) is 10.8 Å². The number of amides is 1. The fourth-order valence-electron chi connectivity index (χ4n) is 2.02. The summed E-state index contributed by atoms with van der Waals surface area (Å²) in [6, 6.07) is 14.5. The minimum Gasteiger partial charge on any atom is -0.450 e. The maximum Gasteiger partial charge on any atom is 0.311 e. The Morgan fingerprint density at radius 3 is 2.50 bits per heavy atom. The molecule has 0 aliphatic heterocycles. The molecular formula is C17H12N2O4S. The molecule has 0 spiro atoms. The Kier molecular flexibility index (Phi) is 4.53. The van der Waals surface area contributed by atoms with Gasteiger partial charge in [0.15, 0.2) is 0 Å². The third-order valence-electron chi connectivity index (χ3n) is 3.19. The van der Waals surface area contributed by atoms with Crippen molar-refractivity contribution in [3.05, 3.63) is 81.0 Å². The molecule has 0 aliphatic carbocycles. The molecule has 2 aromatic carbocycles. The highest BCUT2D eigenvalue weighted by atomic mass is 32.1. The van der Waals surface area contributed by atoms with Gasteiger partial charge in [-0.15, -0.1) is 0 Å². The van der Waals surface area contributed by atoms with E-state index in [1.54, 1.807) is 47.8 Å². The van der Waals surface area contributed by atoms with Crippen LogP contribution in [-0.2, 0) is 0 Å². The summed E-state index contributed by atoms with van der Waals surface area (Å²) in [5.41, 5.74) is 1.11. The fourth-order valence-corrected chi connectivity index (χ4v) is 2.66. The largest absolute Gasteiger partial charge is 0.450 e. The van der Waals surface area contributed by atoms with E-state index in [-0.39, 0.29) is 17.3 Å². The lowest BCUT2D eigenvalue weighted by Crippen LogP contribution is -2.10. The van der Waals surface area contributed by atoms with Crippen LogP contribution in [0.3, 0.4) is 0 Å². The normalized spacial score (nSPS) is 10.2. The van der Waals surface area contributed by atoms with Crippen molar-refractivity contribution in [2.45, 2.75) is 0 Å². The number of rotatable bonds is 5. The van der Waals surface area contributed by atoms with Gasteiger partial charge in [-0.1, -0.05) is 12.1 Å². The maximum absolute atomic E-state index is 12.0. The van der Waals surface area contributed by atoms with Crippen molar-refractivity contribution in [1.29, 1.82) is 0 Å². The van der Waals surface area contributed by atoms with Crippen LogP contribution in [0.2, 0.25) is 0 Å². The Morgan fingerprint density at radius 1 is 1.08 bits per heavy atom. The summed E-state index contributed by atoms with van der Waals surface area (Å²) in [7, 11) is 0. The van der Waals surface area contributed by atoms with Gasteiger partial charge in [-0.3, -0.25) is 14.9 Å². The summed E-state index contributed by atoms with van der Waals surface area (Å²) >= 11 is 1.45. The average molecular weight is 340 g/mol. The van der Waals surface area contributed by atoms with Crippen LogP contribution in [0, 0.1) is 10.1 Å². The molecule has 0 bridgehead atoms. The highest BCUT2D eigenvalue weighted by Gasteiger charge is 2.14. The van der Waals surface area contributed by atoms with Gasteiger partial charge in [0, 0.05) is 17.1 Å². The fraction of sp³-hybridized carbons (Fsp3) is 0. The van der Waals surface area contributed by atoms with Gasteiger partial charge in [0.2, 0.25) is 5.75 Å². The van der Waals surface area contributed by atoms with Crippen molar-refractivity contribution in [2.75, 3.05) is 5.32 Å². The SMILES string of the molecule is O=C(Nc1ccc(Oc2ccccc2[N+](=O)[O-])cc1)c1ccsc1. The Labute approximate surface area is 141 Å². The molecule has 0 unspecified atom stereocenters. The van der Waals surface area contributed by atoms with Crippen LogP contribution >= 0.6 is 11.3 Å². The van der Waals surface area contributed by atoms with Crippen molar-refractivity contribution >= 4 is 28.6 Å². The summed E-state index contributed by atoms with van der Waals surface area (Å²) < 4.78 is 5.55. The number of nitro groups is 1. The van der Waals surface area contributed by atoms with E-state index in [2.05, 4.69) is 5.32 Å². The minimum atomic E-state index is -0.495. The molecule has 0 fully saturated rings. The molecule has 120 valence electrons. The molecule has 7 heteroatoms. The number of carbonyl (C=O) groups is 1. The topological polar surface area (TPSA) is 81.5 Å². The van der Waals surface area contributed by atoms with Gasteiger partial charge in [0.05, 0.1) is 10.5 Å². The number of thiophene rings is 1. The van der Waals surface area contributed by atoms with Crippen LogP contribution in [0.4, 0.5) is 11.4 Å². The van der Waals surface area contributed by atoms with E-state index < -0.39 is 4.92 Å². The van der Waals surface area contributed by atoms with Crippen LogP contribution in [0.15, 0.2) is 65.4 Å². The molecule has 1 heterocycles. The lowest BCUT2D eigenvalue weighted by Gasteiger charge is -2.08. The van der Waals surface area contributed by atoms with Gasteiger partial charge in [-0.2, -0.15) is 11.3 Å². The molecule has 0 saturated heterocycles. The smallest absolute Gasteiger partial charge is 0.311 e. The van der Waals surface area contributed by atoms with Crippen molar-refractivity contribution in [3.63, 3.8) is 0 Å². The monoisotopic (exact) mass is 340 g/mol. The second-order valence-corrected chi connectivity index (χ2v) is 5.60. The van der Waals surface area contributed by atoms with Crippen molar-refractivity contribution in [2.24, 2.45) is 0 Å². The zero-order valence-corrected chi connectivity index (χ0v) is 13.2. The van der Waals surface area contributed by atoms with Gasteiger partial charge in [-0.05, 0) is 41.8 Å². The molecule has 3 rings (SSSR count). The number of ether oxygens (including phenoxy) is 1. The molecule has 0 atom stereocenters. The van der Waals surface area contributed by atoms with Gasteiger partial charge in [0.25, 0.3) is 5.91 Å². The number of benzene rings is 2. The molecule has 0 aliphatic rings. The first-order valence-corrected chi connectivity index (χ1v) is 7.92. The van der Waals surface area contributed by atoms with Crippen LogP contribution in [0.5, 0.6) is 11.5 Å². The molecule has 6 nitrogen and oxygen atoms in total. The second kappa shape index (κ2) is 6.93. The average Bonchev–Trinajstić information content (AvgIpc) is 3.11. The summed E-state index contributed by atoms with van der Waals surface area (Å²) in [6.45, 7) is 0. The van der Waals surface area contributed by atoms with Crippen LogP contribution < -0.4 is 10.1 Å². The highest BCUT2D eigenvalue weighted by Crippen LogP contribution is 2.31. The second-order valence-electron chi connectivity index (χ2n) is 4.82. The van der Waals surface area contributed by atoms with Crippen LogP contribution in [0.25, 0.3) is 0 Å². The van der Waals surface area contributed by atoms with E-state index in [9.17, 15) is 14.9 Å². The first-order chi connectivity index (χ1) is 11.6. The summed E-state index contributed by atoms with van der Waals surface area (Å²) in [5.74, 6) is 0.416. The van der Waals surface area contributed by atoms with E-state index >= 15 is 0 Å². The first-order valence-electron chi connectivity index (χ1n) is 6.98. The highest BCUT2D eigenvalue weighted by molar-refractivity contribution is 7.08. The zero-order valence-electron chi connectivity index (χ0n) is 12.3. The van der Waals surface area contributed by atoms with Gasteiger partial charge in [0.1, 0.15) is 5.75 Å². The van der Waals surface area contributed by atoms with E-state index in [0.717, 1.165) is 0 Å². The predicted molar refractivity (Wildman–Crippen MR) is 91.9 cm³/mol. The number of hydrogen-bond donors (Lipinski definition) is 1. The van der Waals surface area contributed by atoms with Crippen LogP contribution in [0.1, 0.15) is 10.4 Å². The molecule has 1 aromatic heterocycles. The standard InChI is InChI=1S/C17H12N2O4S/c20-17(12-9-10-24-11-12)18-13-5-7-14(8-6-13)23-16-4-2-1-3-15(16)19(21)22/h1-11H,(H,18,20). The molecule has 24 heavy (non-hydrogen) atoms. The van der Waals surface area contributed by atoms with Gasteiger partial charge in [-0.25, -0.2) is 0 Å². The zero-order chi connectivity index (χ0) is 16.9. The Balaban J connectivity index is 1.71. The first kappa shape index (κ1) is 15.7. The van der Waals surface area contributed by atoms with Crippen molar-refractivity contribution < 1.29 is 14.5 Å². The molecule has 3 aromatic rings. The summed E-state index contributed by atoms with van der Waals surface area (Å²) in [6.07, 6.45) is 0. The quantitative estimate of drug-likeness (QED) is 0.539. The number of carbonyl (C=O) groups excluding carboxylic acids is 1. The Hall–Kier alpha value is -3.19. The number of nitro benzene ring substituents is 1. The van der Waals surface area contributed by atoms with Gasteiger partial charge >= 0.3 is 5.69 Å². The number of hydrogen-bond acceptors (Lipinski definition) is 5. The lowest BCUT2D eigenvalue weighted by molar-refractivity contribution is -0.385. The van der Waals surface area contributed by atoms with E-state index in [1.807, 2.05) is 5.38 Å². The number of nitrogens with zero attached hydrogens (tertiary/aromatic N) is 1. The predicted octanol–water partition coefficient (Wildman–Crippen LogP) is 4.70. The summed E-state index contributed by atoms with van der Waals surface area (Å²) in [4.78, 5) is 22.4. The summed E-state index contributed by atoms with van der Waals surface area (Å²) in [5, 5.41) is 17.3.